The molecule has 0 spiro atoms. The number of carboxylic acids is 1. The van der Waals surface area contributed by atoms with E-state index in [1.54, 1.807) is 0 Å². The molecule has 5 heteroatoms. The molecular weight excluding hydrogens is 238 g/mol. The van der Waals surface area contributed by atoms with Gasteiger partial charge in [-0.15, -0.1) is 0 Å². The molecule has 0 saturated carbocycles. The topological polar surface area (TPSA) is 66.4 Å². The summed E-state index contributed by atoms with van der Waals surface area (Å²) < 4.78 is 0. The number of amides is 1. The van der Waals surface area contributed by atoms with Crippen LogP contribution in [0.3, 0.4) is 0 Å². The highest BCUT2D eigenvalue weighted by Gasteiger charge is 2.19. The Labute approximate surface area is 104 Å². The van der Waals surface area contributed by atoms with Gasteiger partial charge >= 0.3 is 5.97 Å². The minimum atomic E-state index is -1.01. The molecule has 17 heavy (non-hydrogen) atoms. The Morgan fingerprint density at radius 3 is 2.53 bits per heavy atom. The maximum Gasteiger partial charge on any atom is 0.326 e. The van der Waals surface area contributed by atoms with Crippen molar-refractivity contribution in [2.24, 2.45) is 0 Å². The molecule has 0 saturated heterocycles. The van der Waals surface area contributed by atoms with Crippen molar-refractivity contribution in [2.45, 2.75) is 19.4 Å². The number of benzene rings is 1. The highest BCUT2D eigenvalue weighted by Crippen LogP contribution is 2.06. The third-order valence-corrected chi connectivity index (χ3v) is 2.82. The molecule has 4 nitrogen and oxygen atoms in total. The van der Waals surface area contributed by atoms with Gasteiger partial charge < -0.3 is 10.4 Å². The lowest BCUT2D eigenvalue weighted by Crippen LogP contribution is -2.40. The molecule has 1 amide bonds. The van der Waals surface area contributed by atoms with Gasteiger partial charge in [0.25, 0.3) is 5.24 Å². The maximum absolute atomic E-state index is 11.3. The molecule has 0 unspecified atom stereocenters. The van der Waals surface area contributed by atoms with Crippen molar-refractivity contribution in [3.05, 3.63) is 35.9 Å². The van der Waals surface area contributed by atoms with Crippen LogP contribution in [0.4, 0.5) is 4.79 Å². The van der Waals surface area contributed by atoms with Crippen LogP contribution in [0.1, 0.15) is 12.5 Å². The van der Waals surface area contributed by atoms with E-state index in [-0.39, 0.29) is 5.24 Å². The van der Waals surface area contributed by atoms with Gasteiger partial charge in [-0.05, 0) is 11.3 Å². The van der Waals surface area contributed by atoms with Crippen molar-refractivity contribution >= 4 is 23.0 Å². The average molecular weight is 253 g/mol. The molecule has 1 rings (SSSR count). The molecule has 1 atom stereocenters. The predicted molar refractivity (Wildman–Crippen MR) is 68.2 cm³/mol. The Morgan fingerprint density at radius 2 is 2.00 bits per heavy atom. The van der Waals surface area contributed by atoms with Gasteiger partial charge in [0.2, 0.25) is 0 Å². The zero-order chi connectivity index (χ0) is 12.7. The Kier molecular flexibility index (Phi) is 5.56. The molecule has 2 N–H and O–H groups in total. The standard InChI is InChI=1S/C12H15NO3S/c1-2-17-12(16)13-10(11(14)15)8-9-6-4-3-5-7-9/h3-7,10H,2,8H2,1H3,(H,13,16)(H,14,15)/t10-/m0/s1. The Bertz CT molecular complexity index is 381. The fourth-order valence-electron chi connectivity index (χ4n) is 1.36. The van der Waals surface area contributed by atoms with Gasteiger partial charge in [-0.3, -0.25) is 4.79 Å². The van der Waals surface area contributed by atoms with E-state index < -0.39 is 12.0 Å². The fourth-order valence-corrected chi connectivity index (χ4v) is 1.85. The highest BCUT2D eigenvalue weighted by atomic mass is 32.2. The second-order valence-corrected chi connectivity index (χ2v) is 4.68. The van der Waals surface area contributed by atoms with Gasteiger partial charge in [0.05, 0.1) is 0 Å². The third-order valence-electron chi connectivity index (χ3n) is 2.15. The van der Waals surface area contributed by atoms with E-state index in [0.717, 1.165) is 17.3 Å². The Balaban J connectivity index is 2.61. The number of nitrogens with one attached hydrogen (secondary N) is 1. The van der Waals surface area contributed by atoms with Crippen molar-refractivity contribution < 1.29 is 14.7 Å². The van der Waals surface area contributed by atoms with Gasteiger partial charge in [-0.25, -0.2) is 4.79 Å². The predicted octanol–water partition coefficient (Wildman–Crippen LogP) is 2.15. The lowest BCUT2D eigenvalue weighted by Gasteiger charge is -2.13. The molecular formula is C12H15NO3S. The molecule has 0 radical (unpaired) electrons. The summed E-state index contributed by atoms with van der Waals surface area (Å²) in [6.07, 6.45) is 0.298. The van der Waals surface area contributed by atoms with E-state index in [1.165, 1.54) is 0 Å². The number of aliphatic carboxylic acids is 1. The van der Waals surface area contributed by atoms with Crippen LogP contribution in [-0.4, -0.2) is 28.1 Å². The number of carbonyl (C=O) groups excluding carboxylic acids is 1. The minimum absolute atomic E-state index is 0.296. The summed E-state index contributed by atoms with van der Waals surface area (Å²) in [4.78, 5) is 22.4. The Hall–Kier alpha value is -1.49. The molecule has 0 fully saturated rings. The maximum atomic E-state index is 11.3. The summed E-state index contributed by atoms with van der Waals surface area (Å²) in [5.41, 5.74) is 0.890. The van der Waals surface area contributed by atoms with Gasteiger partial charge in [0, 0.05) is 6.42 Å². The van der Waals surface area contributed by atoms with Crippen LogP contribution in [-0.2, 0) is 11.2 Å². The number of hydrogen-bond donors (Lipinski definition) is 2. The highest BCUT2D eigenvalue weighted by molar-refractivity contribution is 8.13. The molecule has 0 heterocycles. The smallest absolute Gasteiger partial charge is 0.326 e. The number of carbonyl (C=O) groups is 2. The van der Waals surface area contributed by atoms with Gasteiger partial charge in [-0.1, -0.05) is 49.0 Å². The summed E-state index contributed by atoms with van der Waals surface area (Å²) in [7, 11) is 0. The molecule has 0 aliphatic heterocycles. The number of hydrogen-bond acceptors (Lipinski definition) is 3. The Morgan fingerprint density at radius 1 is 1.35 bits per heavy atom. The van der Waals surface area contributed by atoms with Gasteiger partial charge in [0.1, 0.15) is 6.04 Å². The zero-order valence-corrected chi connectivity index (χ0v) is 10.4. The molecule has 0 bridgehead atoms. The van der Waals surface area contributed by atoms with Crippen LogP contribution in [0.5, 0.6) is 0 Å². The monoisotopic (exact) mass is 253 g/mol. The van der Waals surface area contributed by atoms with Crippen LogP contribution in [0.2, 0.25) is 0 Å². The third kappa shape index (κ3) is 4.91. The fraction of sp³-hybridized carbons (Fsp3) is 0.333. The normalized spacial score (nSPS) is 11.8. The van der Waals surface area contributed by atoms with Crippen LogP contribution in [0, 0.1) is 0 Å². The van der Waals surface area contributed by atoms with E-state index in [4.69, 9.17) is 5.11 Å². The van der Waals surface area contributed by atoms with Crippen molar-refractivity contribution in [1.29, 1.82) is 0 Å². The molecule has 92 valence electrons. The SMILES string of the molecule is CCSC(=O)N[C@@H](Cc1ccccc1)C(=O)O. The molecule has 1 aromatic rings. The summed E-state index contributed by atoms with van der Waals surface area (Å²) in [5.74, 6) is -0.386. The first-order valence-corrected chi connectivity index (χ1v) is 6.32. The van der Waals surface area contributed by atoms with Crippen molar-refractivity contribution in [3.63, 3.8) is 0 Å². The molecule has 0 aliphatic carbocycles. The zero-order valence-electron chi connectivity index (χ0n) is 9.55. The van der Waals surface area contributed by atoms with Crippen LogP contribution < -0.4 is 5.32 Å². The van der Waals surface area contributed by atoms with Crippen LogP contribution >= 0.6 is 11.8 Å². The van der Waals surface area contributed by atoms with Gasteiger partial charge in [0.15, 0.2) is 0 Å². The number of thioether (sulfide) groups is 1. The first kappa shape index (κ1) is 13.6. The van der Waals surface area contributed by atoms with Gasteiger partial charge in [-0.2, -0.15) is 0 Å². The summed E-state index contributed by atoms with van der Waals surface area (Å²) >= 11 is 1.07. The molecule has 1 aromatic carbocycles. The first-order valence-electron chi connectivity index (χ1n) is 5.33. The summed E-state index contributed by atoms with van der Waals surface area (Å²) in [6, 6.07) is 8.37. The van der Waals surface area contributed by atoms with E-state index in [9.17, 15) is 9.59 Å². The molecule has 0 aromatic heterocycles. The van der Waals surface area contributed by atoms with Crippen molar-refractivity contribution in [1.82, 2.24) is 5.32 Å². The first-order chi connectivity index (χ1) is 8.13. The van der Waals surface area contributed by atoms with E-state index in [2.05, 4.69) is 5.32 Å². The van der Waals surface area contributed by atoms with E-state index in [1.807, 2.05) is 37.3 Å². The summed E-state index contributed by atoms with van der Waals surface area (Å²) in [5, 5.41) is 11.2. The quantitative estimate of drug-likeness (QED) is 0.843. The van der Waals surface area contributed by atoms with Crippen LogP contribution in [0.25, 0.3) is 0 Å². The lowest BCUT2D eigenvalue weighted by molar-refractivity contribution is -0.139. The average Bonchev–Trinajstić information content (AvgIpc) is 2.29. The van der Waals surface area contributed by atoms with Crippen LogP contribution in [0.15, 0.2) is 30.3 Å². The lowest BCUT2D eigenvalue weighted by atomic mass is 10.1. The summed E-state index contributed by atoms with van der Waals surface area (Å²) in [6.45, 7) is 1.84. The van der Waals surface area contributed by atoms with E-state index >= 15 is 0 Å². The molecule has 0 aliphatic rings. The second-order valence-electron chi connectivity index (χ2n) is 3.45. The number of carboxylic acid groups (broad SMARTS) is 1. The minimum Gasteiger partial charge on any atom is -0.480 e. The second kappa shape index (κ2) is 6.96. The van der Waals surface area contributed by atoms with Crippen molar-refractivity contribution in [3.8, 4) is 0 Å². The van der Waals surface area contributed by atoms with Crippen molar-refractivity contribution in [2.75, 3.05) is 5.75 Å². The largest absolute Gasteiger partial charge is 0.480 e. The van der Waals surface area contributed by atoms with E-state index in [0.29, 0.717) is 12.2 Å². The number of rotatable bonds is 5.